The number of ether oxygens (including phenoxy) is 1. The molecule has 5 nitrogen and oxygen atoms in total. The SMILES string of the molecule is CCOC(=O)[C@]12CNC[C@H](c3ccccc3C1)C2(O)O. The van der Waals surface area contributed by atoms with Crippen molar-refractivity contribution in [3.63, 3.8) is 0 Å². The van der Waals surface area contributed by atoms with Gasteiger partial charge in [0, 0.05) is 13.1 Å². The van der Waals surface area contributed by atoms with E-state index in [1.807, 2.05) is 24.3 Å². The van der Waals surface area contributed by atoms with Crippen molar-refractivity contribution in [3.8, 4) is 0 Å². The molecule has 2 bridgehead atoms. The van der Waals surface area contributed by atoms with Crippen LogP contribution < -0.4 is 5.32 Å². The molecule has 1 fully saturated rings. The van der Waals surface area contributed by atoms with E-state index in [0.717, 1.165) is 11.1 Å². The molecule has 1 saturated heterocycles. The summed E-state index contributed by atoms with van der Waals surface area (Å²) in [6, 6.07) is 7.61. The molecule has 0 spiro atoms. The minimum atomic E-state index is -2.08. The van der Waals surface area contributed by atoms with Crippen LogP contribution in [-0.4, -0.2) is 41.7 Å². The van der Waals surface area contributed by atoms with E-state index in [-0.39, 0.29) is 19.6 Å². The molecule has 20 heavy (non-hydrogen) atoms. The summed E-state index contributed by atoms with van der Waals surface area (Å²) in [5, 5.41) is 24.5. The number of aliphatic hydroxyl groups is 2. The van der Waals surface area contributed by atoms with Gasteiger partial charge >= 0.3 is 5.97 Å². The van der Waals surface area contributed by atoms with E-state index in [4.69, 9.17) is 4.74 Å². The number of carbonyl (C=O) groups excluding carboxylic acids is 1. The molecule has 1 aromatic carbocycles. The fourth-order valence-corrected chi connectivity index (χ4v) is 3.48. The summed E-state index contributed by atoms with van der Waals surface area (Å²) in [6.45, 7) is 2.59. The lowest BCUT2D eigenvalue weighted by atomic mass is 9.60. The van der Waals surface area contributed by atoms with Crippen molar-refractivity contribution >= 4 is 5.97 Å². The Morgan fingerprint density at radius 3 is 2.95 bits per heavy atom. The van der Waals surface area contributed by atoms with Crippen LogP contribution in [0.2, 0.25) is 0 Å². The predicted octanol–water partition coefficient (Wildman–Crippen LogP) is 0.160. The van der Waals surface area contributed by atoms with Crippen molar-refractivity contribution in [2.24, 2.45) is 5.41 Å². The second-order valence-electron chi connectivity index (χ2n) is 5.59. The minimum Gasteiger partial charge on any atom is -0.465 e. The zero-order chi connectivity index (χ0) is 14.4. The maximum Gasteiger partial charge on any atom is 0.319 e. The van der Waals surface area contributed by atoms with Gasteiger partial charge in [-0.3, -0.25) is 4.79 Å². The normalized spacial score (nSPS) is 30.4. The van der Waals surface area contributed by atoms with E-state index in [9.17, 15) is 15.0 Å². The molecule has 0 aromatic heterocycles. The topological polar surface area (TPSA) is 78.8 Å². The Hall–Kier alpha value is -1.43. The summed E-state index contributed by atoms with van der Waals surface area (Å²) >= 11 is 0. The Kier molecular flexibility index (Phi) is 3.08. The minimum absolute atomic E-state index is 0.212. The Balaban J connectivity index is 2.13. The summed E-state index contributed by atoms with van der Waals surface area (Å²) in [5.41, 5.74) is 0.552. The van der Waals surface area contributed by atoms with Gasteiger partial charge < -0.3 is 20.3 Å². The number of piperidine rings is 1. The van der Waals surface area contributed by atoms with Crippen LogP contribution in [0.25, 0.3) is 0 Å². The number of nitrogens with one attached hydrogen (secondary N) is 1. The van der Waals surface area contributed by atoms with E-state index < -0.39 is 23.1 Å². The van der Waals surface area contributed by atoms with Crippen LogP contribution in [-0.2, 0) is 16.0 Å². The summed E-state index contributed by atoms with van der Waals surface area (Å²) in [5.74, 6) is -3.15. The monoisotopic (exact) mass is 277 g/mol. The van der Waals surface area contributed by atoms with Crippen molar-refractivity contribution < 1.29 is 19.7 Å². The third kappa shape index (κ3) is 1.63. The molecule has 1 aromatic rings. The molecule has 1 aliphatic heterocycles. The standard InChI is InChI=1S/C15H19NO4/c1-2-20-13(17)14-7-10-5-3-4-6-11(10)12(8-16-9-14)15(14,18)19/h3-6,12,16,18-19H,2,7-9H2,1H3/t12-,14-/m1/s1. The van der Waals surface area contributed by atoms with E-state index in [0.29, 0.717) is 6.54 Å². The fourth-order valence-electron chi connectivity index (χ4n) is 3.48. The van der Waals surface area contributed by atoms with E-state index >= 15 is 0 Å². The molecule has 2 aliphatic rings. The van der Waals surface area contributed by atoms with E-state index in [1.165, 1.54) is 0 Å². The summed E-state index contributed by atoms with van der Waals surface area (Å²) in [7, 11) is 0. The average molecular weight is 277 g/mol. The lowest BCUT2D eigenvalue weighted by Gasteiger charge is -2.53. The highest BCUT2D eigenvalue weighted by molar-refractivity contribution is 5.80. The van der Waals surface area contributed by atoms with Gasteiger partial charge in [-0.1, -0.05) is 24.3 Å². The van der Waals surface area contributed by atoms with Crippen LogP contribution in [0, 0.1) is 5.41 Å². The molecule has 1 heterocycles. The highest BCUT2D eigenvalue weighted by atomic mass is 16.5. The van der Waals surface area contributed by atoms with Gasteiger partial charge in [-0.15, -0.1) is 0 Å². The van der Waals surface area contributed by atoms with Gasteiger partial charge in [0.2, 0.25) is 0 Å². The van der Waals surface area contributed by atoms with E-state index in [1.54, 1.807) is 6.92 Å². The van der Waals surface area contributed by atoms with Crippen LogP contribution in [0.3, 0.4) is 0 Å². The lowest BCUT2D eigenvalue weighted by molar-refractivity contribution is -0.272. The van der Waals surface area contributed by atoms with Crippen LogP contribution in [0.1, 0.15) is 24.0 Å². The van der Waals surface area contributed by atoms with Crippen LogP contribution in [0.5, 0.6) is 0 Å². The van der Waals surface area contributed by atoms with Crippen LogP contribution >= 0.6 is 0 Å². The third-order valence-corrected chi connectivity index (χ3v) is 4.55. The molecule has 108 valence electrons. The smallest absolute Gasteiger partial charge is 0.319 e. The molecule has 1 aliphatic carbocycles. The highest BCUT2D eigenvalue weighted by Gasteiger charge is 2.64. The van der Waals surface area contributed by atoms with Gasteiger partial charge in [-0.05, 0) is 24.5 Å². The number of fused-ring (bicyclic) bond motifs is 4. The first-order valence-corrected chi connectivity index (χ1v) is 6.93. The molecular weight excluding hydrogens is 258 g/mol. The Bertz CT molecular complexity index is 542. The lowest BCUT2D eigenvalue weighted by Crippen LogP contribution is -2.69. The number of hydrogen-bond donors (Lipinski definition) is 3. The molecule has 3 N–H and O–H groups in total. The number of benzene rings is 1. The van der Waals surface area contributed by atoms with Gasteiger partial charge in [0.1, 0.15) is 5.41 Å². The molecular formula is C15H19NO4. The Morgan fingerprint density at radius 2 is 2.20 bits per heavy atom. The number of hydrogen-bond acceptors (Lipinski definition) is 5. The first kappa shape index (κ1) is 13.5. The Morgan fingerprint density at radius 1 is 1.45 bits per heavy atom. The van der Waals surface area contributed by atoms with Crippen molar-refractivity contribution in [1.29, 1.82) is 0 Å². The first-order chi connectivity index (χ1) is 9.53. The summed E-state index contributed by atoms with van der Waals surface area (Å²) < 4.78 is 5.11. The average Bonchev–Trinajstić information content (AvgIpc) is 2.39. The largest absolute Gasteiger partial charge is 0.465 e. The molecule has 2 atom stereocenters. The second-order valence-corrected chi connectivity index (χ2v) is 5.59. The second kappa shape index (κ2) is 4.55. The zero-order valence-corrected chi connectivity index (χ0v) is 11.4. The zero-order valence-electron chi connectivity index (χ0n) is 11.4. The molecule has 0 amide bonds. The van der Waals surface area contributed by atoms with Gasteiger partial charge in [0.05, 0.1) is 12.5 Å². The van der Waals surface area contributed by atoms with Crippen molar-refractivity contribution in [3.05, 3.63) is 35.4 Å². The summed E-state index contributed by atoms with van der Waals surface area (Å²) in [4.78, 5) is 12.4. The van der Waals surface area contributed by atoms with Crippen molar-refractivity contribution in [1.82, 2.24) is 5.32 Å². The van der Waals surface area contributed by atoms with Gasteiger partial charge in [0.15, 0.2) is 5.79 Å². The quantitative estimate of drug-likeness (QED) is 0.530. The van der Waals surface area contributed by atoms with Gasteiger partial charge in [0.25, 0.3) is 0 Å². The predicted molar refractivity (Wildman–Crippen MR) is 72.0 cm³/mol. The fraction of sp³-hybridized carbons (Fsp3) is 0.533. The third-order valence-electron chi connectivity index (χ3n) is 4.55. The van der Waals surface area contributed by atoms with Crippen molar-refractivity contribution in [2.75, 3.05) is 19.7 Å². The van der Waals surface area contributed by atoms with E-state index in [2.05, 4.69) is 5.32 Å². The number of esters is 1. The maximum absolute atomic E-state index is 12.4. The maximum atomic E-state index is 12.4. The van der Waals surface area contributed by atoms with Crippen molar-refractivity contribution in [2.45, 2.75) is 25.0 Å². The van der Waals surface area contributed by atoms with Gasteiger partial charge in [-0.25, -0.2) is 0 Å². The molecule has 3 rings (SSSR count). The molecule has 0 unspecified atom stereocenters. The summed E-state index contributed by atoms with van der Waals surface area (Å²) in [6.07, 6.45) is 0.276. The first-order valence-electron chi connectivity index (χ1n) is 6.93. The molecule has 0 saturated carbocycles. The number of rotatable bonds is 2. The van der Waals surface area contributed by atoms with Crippen LogP contribution in [0.15, 0.2) is 24.3 Å². The number of carbonyl (C=O) groups is 1. The molecule has 5 heteroatoms. The van der Waals surface area contributed by atoms with Crippen LogP contribution in [0.4, 0.5) is 0 Å². The Labute approximate surface area is 117 Å². The highest BCUT2D eigenvalue weighted by Crippen LogP contribution is 2.50. The van der Waals surface area contributed by atoms with Gasteiger partial charge in [-0.2, -0.15) is 0 Å². The molecule has 0 radical (unpaired) electrons.